The standard InChI is InChI=1S/C16H17NO4/c1-11(18)15-10-14(17(19)20)8-9-16(15)21-12(2)13-6-4-3-5-7-13/h3-12,18H,1-2H3/t11-,12?/m0/s1. The van der Waals surface area contributed by atoms with Crippen molar-refractivity contribution in [1.82, 2.24) is 0 Å². The smallest absolute Gasteiger partial charge is 0.270 e. The monoisotopic (exact) mass is 287 g/mol. The number of nitrogens with zero attached hydrogens (tertiary/aromatic N) is 1. The molecule has 1 N–H and O–H groups in total. The number of benzene rings is 2. The quantitative estimate of drug-likeness (QED) is 0.670. The molecule has 0 aliphatic carbocycles. The molecular formula is C16H17NO4. The van der Waals surface area contributed by atoms with E-state index in [1.54, 1.807) is 6.92 Å². The first-order chi connectivity index (χ1) is 9.99. The molecule has 0 aliphatic rings. The lowest BCUT2D eigenvalue weighted by Crippen LogP contribution is -2.06. The van der Waals surface area contributed by atoms with Gasteiger partial charge in [0.05, 0.1) is 11.0 Å². The third kappa shape index (κ3) is 3.58. The second-order valence-electron chi connectivity index (χ2n) is 4.83. The van der Waals surface area contributed by atoms with Crippen molar-refractivity contribution in [2.24, 2.45) is 0 Å². The molecule has 110 valence electrons. The van der Waals surface area contributed by atoms with E-state index >= 15 is 0 Å². The summed E-state index contributed by atoms with van der Waals surface area (Å²) in [6.07, 6.45) is -1.06. The molecular weight excluding hydrogens is 270 g/mol. The number of rotatable bonds is 5. The van der Waals surface area contributed by atoms with Crippen molar-refractivity contribution in [2.75, 3.05) is 0 Å². The number of hydrogen-bond donors (Lipinski definition) is 1. The molecule has 2 atom stereocenters. The number of hydrogen-bond acceptors (Lipinski definition) is 4. The van der Waals surface area contributed by atoms with Gasteiger partial charge in [-0.3, -0.25) is 10.1 Å². The number of aliphatic hydroxyl groups is 1. The van der Waals surface area contributed by atoms with E-state index in [1.165, 1.54) is 18.2 Å². The van der Waals surface area contributed by atoms with E-state index < -0.39 is 11.0 Å². The van der Waals surface area contributed by atoms with Gasteiger partial charge in [0, 0.05) is 17.7 Å². The first-order valence-electron chi connectivity index (χ1n) is 6.67. The van der Waals surface area contributed by atoms with E-state index in [1.807, 2.05) is 37.3 Å². The van der Waals surface area contributed by atoms with Gasteiger partial charge in [-0.1, -0.05) is 30.3 Å². The van der Waals surface area contributed by atoms with Crippen LogP contribution in [0.4, 0.5) is 5.69 Å². The molecule has 0 amide bonds. The van der Waals surface area contributed by atoms with Gasteiger partial charge >= 0.3 is 0 Å². The van der Waals surface area contributed by atoms with Gasteiger partial charge < -0.3 is 9.84 Å². The third-order valence-electron chi connectivity index (χ3n) is 3.23. The summed E-state index contributed by atoms with van der Waals surface area (Å²) in [5.74, 6) is 0.451. The van der Waals surface area contributed by atoms with Crippen molar-refractivity contribution in [3.05, 3.63) is 69.8 Å². The maximum atomic E-state index is 10.8. The van der Waals surface area contributed by atoms with Gasteiger partial charge in [0.15, 0.2) is 0 Å². The Morgan fingerprint density at radius 3 is 2.38 bits per heavy atom. The lowest BCUT2D eigenvalue weighted by Gasteiger charge is -2.18. The van der Waals surface area contributed by atoms with Crippen LogP contribution in [0.3, 0.4) is 0 Å². The molecule has 0 aliphatic heterocycles. The van der Waals surface area contributed by atoms with Crippen molar-refractivity contribution < 1.29 is 14.8 Å². The second-order valence-corrected chi connectivity index (χ2v) is 4.83. The van der Waals surface area contributed by atoms with Crippen LogP contribution in [0, 0.1) is 10.1 Å². The minimum Gasteiger partial charge on any atom is -0.486 e. The number of nitro groups is 1. The molecule has 0 heterocycles. The Kier molecular flexibility index (Phi) is 4.55. The molecule has 0 fully saturated rings. The summed E-state index contributed by atoms with van der Waals surface area (Å²) in [7, 11) is 0. The van der Waals surface area contributed by atoms with Crippen LogP contribution in [0.5, 0.6) is 5.75 Å². The van der Waals surface area contributed by atoms with Gasteiger partial charge in [-0.25, -0.2) is 0 Å². The zero-order valence-electron chi connectivity index (χ0n) is 11.9. The average molecular weight is 287 g/mol. The Bertz CT molecular complexity index is 625. The fraction of sp³-hybridized carbons (Fsp3) is 0.250. The van der Waals surface area contributed by atoms with Crippen molar-refractivity contribution >= 4 is 5.69 Å². The Balaban J connectivity index is 2.29. The maximum absolute atomic E-state index is 10.8. The second kappa shape index (κ2) is 6.37. The van der Waals surface area contributed by atoms with Crippen LogP contribution in [0.1, 0.15) is 37.2 Å². The van der Waals surface area contributed by atoms with Crippen LogP contribution in [0.15, 0.2) is 48.5 Å². The largest absolute Gasteiger partial charge is 0.486 e. The van der Waals surface area contributed by atoms with Gasteiger partial charge in [-0.15, -0.1) is 0 Å². The van der Waals surface area contributed by atoms with Crippen LogP contribution < -0.4 is 4.74 Å². The molecule has 21 heavy (non-hydrogen) atoms. The third-order valence-corrected chi connectivity index (χ3v) is 3.23. The highest BCUT2D eigenvalue weighted by Crippen LogP contribution is 2.32. The Labute approximate surface area is 123 Å². The Morgan fingerprint density at radius 1 is 1.14 bits per heavy atom. The molecule has 2 aromatic rings. The highest BCUT2D eigenvalue weighted by Gasteiger charge is 2.17. The predicted octanol–water partition coefficient (Wildman–Crippen LogP) is 3.79. The fourth-order valence-corrected chi connectivity index (χ4v) is 2.07. The summed E-state index contributed by atoms with van der Waals surface area (Å²) in [5, 5.41) is 20.6. The molecule has 0 saturated heterocycles. The Hall–Kier alpha value is -2.40. The number of ether oxygens (including phenoxy) is 1. The lowest BCUT2D eigenvalue weighted by atomic mass is 10.1. The molecule has 0 bridgehead atoms. The van der Waals surface area contributed by atoms with Gasteiger partial charge in [-0.05, 0) is 25.5 Å². The number of nitro benzene ring substituents is 1. The highest BCUT2D eigenvalue weighted by molar-refractivity contribution is 5.45. The van der Waals surface area contributed by atoms with Crippen LogP contribution in [0.2, 0.25) is 0 Å². The topological polar surface area (TPSA) is 72.6 Å². The van der Waals surface area contributed by atoms with Crippen LogP contribution in [-0.2, 0) is 0 Å². The Morgan fingerprint density at radius 2 is 1.81 bits per heavy atom. The average Bonchev–Trinajstić information content (AvgIpc) is 2.48. The van der Waals surface area contributed by atoms with Crippen LogP contribution in [0.25, 0.3) is 0 Å². The first-order valence-corrected chi connectivity index (χ1v) is 6.67. The van der Waals surface area contributed by atoms with E-state index in [2.05, 4.69) is 0 Å². The fourth-order valence-electron chi connectivity index (χ4n) is 2.07. The van der Waals surface area contributed by atoms with Gasteiger partial charge in [0.1, 0.15) is 11.9 Å². The summed E-state index contributed by atoms with van der Waals surface area (Å²) >= 11 is 0. The zero-order valence-corrected chi connectivity index (χ0v) is 11.9. The van der Waals surface area contributed by atoms with Gasteiger partial charge in [0.25, 0.3) is 5.69 Å². The normalized spacial score (nSPS) is 13.5. The molecule has 0 aromatic heterocycles. The van der Waals surface area contributed by atoms with Crippen molar-refractivity contribution in [1.29, 1.82) is 0 Å². The van der Waals surface area contributed by atoms with Crippen molar-refractivity contribution in [2.45, 2.75) is 26.1 Å². The molecule has 0 saturated carbocycles. The van der Waals surface area contributed by atoms with Crippen molar-refractivity contribution in [3.8, 4) is 5.75 Å². The predicted molar refractivity (Wildman–Crippen MR) is 79.2 cm³/mol. The number of aliphatic hydroxyl groups excluding tert-OH is 1. The molecule has 0 spiro atoms. The maximum Gasteiger partial charge on any atom is 0.270 e. The van der Waals surface area contributed by atoms with Crippen molar-refractivity contribution in [3.63, 3.8) is 0 Å². The summed E-state index contributed by atoms with van der Waals surface area (Å²) in [6.45, 7) is 3.45. The SMILES string of the molecule is CC(Oc1ccc([N+](=O)[O-])cc1[C@H](C)O)c1ccccc1. The van der Waals surface area contributed by atoms with E-state index in [-0.39, 0.29) is 11.8 Å². The lowest BCUT2D eigenvalue weighted by molar-refractivity contribution is -0.385. The molecule has 0 radical (unpaired) electrons. The molecule has 2 rings (SSSR count). The van der Waals surface area contributed by atoms with Crippen LogP contribution in [-0.4, -0.2) is 10.0 Å². The highest BCUT2D eigenvalue weighted by atomic mass is 16.6. The molecule has 5 nitrogen and oxygen atoms in total. The minimum atomic E-state index is -0.845. The van der Waals surface area contributed by atoms with Crippen LogP contribution >= 0.6 is 0 Å². The summed E-state index contributed by atoms with van der Waals surface area (Å²) in [5.41, 5.74) is 1.34. The van der Waals surface area contributed by atoms with E-state index in [9.17, 15) is 15.2 Å². The van der Waals surface area contributed by atoms with Gasteiger partial charge in [-0.2, -0.15) is 0 Å². The summed E-state index contributed by atoms with van der Waals surface area (Å²) < 4.78 is 5.84. The number of non-ortho nitro benzene ring substituents is 1. The molecule has 5 heteroatoms. The summed E-state index contributed by atoms with van der Waals surface area (Å²) in [6, 6.07) is 13.9. The molecule has 1 unspecified atom stereocenters. The zero-order chi connectivity index (χ0) is 15.4. The van der Waals surface area contributed by atoms with Gasteiger partial charge in [0.2, 0.25) is 0 Å². The minimum absolute atomic E-state index is 0.0642. The molecule has 2 aromatic carbocycles. The van der Waals surface area contributed by atoms with E-state index in [4.69, 9.17) is 4.74 Å². The van der Waals surface area contributed by atoms with E-state index in [0.29, 0.717) is 11.3 Å². The van der Waals surface area contributed by atoms with E-state index in [0.717, 1.165) is 5.56 Å². The summed E-state index contributed by atoms with van der Waals surface area (Å²) in [4.78, 5) is 10.3. The first kappa shape index (κ1) is 15.0.